The molecule has 0 radical (unpaired) electrons. The highest BCUT2D eigenvalue weighted by Crippen LogP contribution is 2.24. The van der Waals surface area contributed by atoms with Gasteiger partial charge in [0.15, 0.2) is 0 Å². The van der Waals surface area contributed by atoms with Crippen molar-refractivity contribution in [2.45, 2.75) is 24.3 Å². The highest BCUT2D eigenvalue weighted by atomic mass is 35.5. The van der Waals surface area contributed by atoms with Crippen LogP contribution in [0.4, 0.5) is 0 Å². The van der Waals surface area contributed by atoms with Crippen molar-refractivity contribution in [1.29, 1.82) is 0 Å². The predicted molar refractivity (Wildman–Crippen MR) is 93.9 cm³/mol. The van der Waals surface area contributed by atoms with Crippen molar-refractivity contribution in [3.8, 4) is 5.75 Å². The van der Waals surface area contributed by atoms with Gasteiger partial charge in [-0.25, -0.2) is 13.1 Å². The number of benzene rings is 2. The first kappa shape index (κ1) is 18.7. The lowest BCUT2D eigenvalue weighted by Gasteiger charge is -2.24. The molecule has 0 aliphatic heterocycles. The van der Waals surface area contributed by atoms with E-state index in [0.717, 1.165) is 0 Å². The Labute approximate surface area is 147 Å². The molecule has 0 fully saturated rings. The molecule has 0 saturated heterocycles. The summed E-state index contributed by atoms with van der Waals surface area (Å²) in [5.41, 5.74) is -0.230. The van der Waals surface area contributed by atoms with E-state index in [2.05, 4.69) is 4.72 Å². The molecule has 2 aromatic carbocycles. The second-order valence-corrected chi connectivity index (χ2v) is 7.91. The smallest absolute Gasteiger partial charge is 0.240 e. The van der Waals surface area contributed by atoms with E-state index < -0.39 is 15.6 Å². The fraction of sp³-hybridized carbons (Fsp3) is 0.294. The number of hydrogen-bond acceptors (Lipinski definition) is 4. The second-order valence-electron chi connectivity index (χ2n) is 5.74. The lowest BCUT2D eigenvalue weighted by Crippen LogP contribution is -2.38. The Bertz CT molecular complexity index is 817. The molecule has 7 heteroatoms. The van der Waals surface area contributed by atoms with E-state index in [1.807, 2.05) is 0 Å². The molecular weight excluding hydrogens is 350 g/mol. The number of nitrogens with one attached hydrogen (secondary N) is 1. The largest absolute Gasteiger partial charge is 0.497 e. The number of methoxy groups -OCH3 is 1. The molecular formula is C17H20ClNO4S. The number of aryl methyl sites for hydroxylation is 1. The summed E-state index contributed by atoms with van der Waals surface area (Å²) < 4.78 is 32.5. The molecule has 0 spiro atoms. The van der Waals surface area contributed by atoms with Crippen LogP contribution >= 0.6 is 11.6 Å². The highest BCUT2D eigenvalue weighted by Gasteiger charge is 2.27. The molecule has 2 aromatic rings. The third-order valence-corrected chi connectivity index (χ3v) is 5.56. The maximum Gasteiger partial charge on any atom is 0.240 e. The third kappa shape index (κ3) is 4.27. The van der Waals surface area contributed by atoms with Crippen LogP contribution in [-0.4, -0.2) is 27.2 Å². The molecule has 0 bridgehead atoms. The van der Waals surface area contributed by atoms with Crippen LogP contribution in [0.25, 0.3) is 0 Å². The maximum absolute atomic E-state index is 12.5. The van der Waals surface area contributed by atoms with Crippen LogP contribution in [0, 0.1) is 6.92 Å². The van der Waals surface area contributed by atoms with Gasteiger partial charge in [-0.1, -0.05) is 23.7 Å². The van der Waals surface area contributed by atoms with Gasteiger partial charge in [-0.05, 0) is 55.3 Å². The zero-order chi connectivity index (χ0) is 18.0. The van der Waals surface area contributed by atoms with Crippen molar-refractivity contribution in [2.75, 3.05) is 13.7 Å². The Morgan fingerprint density at radius 3 is 2.38 bits per heavy atom. The maximum atomic E-state index is 12.5. The molecule has 1 unspecified atom stereocenters. The normalized spacial score (nSPS) is 14.2. The van der Waals surface area contributed by atoms with Gasteiger partial charge in [-0.15, -0.1) is 0 Å². The Morgan fingerprint density at radius 2 is 1.83 bits per heavy atom. The monoisotopic (exact) mass is 369 g/mol. The fourth-order valence-corrected chi connectivity index (χ4v) is 3.76. The molecule has 130 valence electrons. The van der Waals surface area contributed by atoms with Crippen LogP contribution in [0.3, 0.4) is 0 Å². The van der Waals surface area contributed by atoms with Crippen LogP contribution in [0.2, 0.25) is 5.02 Å². The molecule has 1 atom stereocenters. The van der Waals surface area contributed by atoms with Gasteiger partial charge in [0.25, 0.3) is 0 Å². The second kappa shape index (κ2) is 7.11. The molecule has 2 rings (SSSR count). The van der Waals surface area contributed by atoms with E-state index in [4.69, 9.17) is 16.3 Å². The summed E-state index contributed by atoms with van der Waals surface area (Å²) in [6.07, 6.45) is 0. The molecule has 0 aromatic heterocycles. The zero-order valence-electron chi connectivity index (χ0n) is 13.7. The number of hydrogen-bond donors (Lipinski definition) is 2. The van der Waals surface area contributed by atoms with Gasteiger partial charge >= 0.3 is 0 Å². The van der Waals surface area contributed by atoms with Gasteiger partial charge in [0.05, 0.1) is 12.0 Å². The summed E-state index contributed by atoms with van der Waals surface area (Å²) in [5.74, 6) is 0.583. The molecule has 0 aliphatic carbocycles. The average molecular weight is 370 g/mol. The Kier molecular flexibility index (Phi) is 5.55. The Morgan fingerprint density at radius 1 is 1.21 bits per heavy atom. The van der Waals surface area contributed by atoms with E-state index in [0.29, 0.717) is 21.9 Å². The molecule has 0 heterocycles. The fourth-order valence-electron chi connectivity index (χ4n) is 2.27. The van der Waals surface area contributed by atoms with E-state index in [1.165, 1.54) is 13.2 Å². The van der Waals surface area contributed by atoms with Crippen LogP contribution < -0.4 is 9.46 Å². The van der Waals surface area contributed by atoms with E-state index in [1.54, 1.807) is 50.2 Å². The lowest BCUT2D eigenvalue weighted by atomic mass is 9.97. The molecule has 2 N–H and O–H groups in total. The summed E-state index contributed by atoms with van der Waals surface area (Å²) in [6, 6.07) is 11.3. The van der Waals surface area contributed by atoms with Gasteiger partial charge in [0.1, 0.15) is 11.4 Å². The Balaban J connectivity index is 2.19. The van der Waals surface area contributed by atoms with Gasteiger partial charge in [0.2, 0.25) is 10.0 Å². The number of ether oxygens (including phenoxy) is 1. The number of rotatable bonds is 6. The topological polar surface area (TPSA) is 75.6 Å². The first-order valence-electron chi connectivity index (χ1n) is 7.28. The van der Waals surface area contributed by atoms with Crippen LogP contribution in [-0.2, 0) is 15.6 Å². The van der Waals surface area contributed by atoms with Crippen molar-refractivity contribution in [3.63, 3.8) is 0 Å². The van der Waals surface area contributed by atoms with E-state index in [-0.39, 0.29) is 11.4 Å². The molecule has 24 heavy (non-hydrogen) atoms. The minimum absolute atomic E-state index is 0.148. The standard InChI is InChI=1S/C17H20ClNO4S/c1-12-10-15(23-3)8-9-16(12)24(21,22)19-11-17(2,20)13-4-6-14(18)7-5-13/h4-10,19-20H,11H2,1-3H3. The van der Waals surface area contributed by atoms with Crippen LogP contribution in [0.5, 0.6) is 5.75 Å². The molecule has 0 aliphatic rings. The van der Waals surface area contributed by atoms with Gasteiger partial charge in [-0.3, -0.25) is 0 Å². The summed E-state index contributed by atoms with van der Waals surface area (Å²) in [7, 11) is -2.24. The SMILES string of the molecule is COc1ccc(S(=O)(=O)NCC(C)(O)c2ccc(Cl)cc2)c(C)c1. The number of aliphatic hydroxyl groups is 1. The lowest BCUT2D eigenvalue weighted by molar-refractivity contribution is 0.0627. The summed E-state index contributed by atoms with van der Waals surface area (Å²) in [6.45, 7) is 3.07. The first-order valence-corrected chi connectivity index (χ1v) is 9.14. The Hall–Kier alpha value is -1.60. The van der Waals surface area contributed by atoms with Crippen molar-refractivity contribution >= 4 is 21.6 Å². The minimum atomic E-state index is -3.76. The molecule has 0 saturated carbocycles. The van der Waals surface area contributed by atoms with Gasteiger partial charge in [-0.2, -0.15) is 0 Å². The van der Waals surface area contributed by atoms with Crippen molar-refractivity contribution in [2.24, 2.45) is 0 Å². The molecule has 0 amide bonds. The predicted octanol–water partition coefficient (Wildman–Crippen LogP) is 2.84. The highest BCUT2D eigenvalue weighted by molar-refractivity contribution is 7.89. The van der Waals surface area contributed by atoms with E-state index in [9.17, 15) is 13.5 Å². The van der Waals surface area contributed by atoms with Crippen molar-refractivity contribution < 1.29 is 18.3 Å². The minimum Gasteiger partial charge on any atom is -0.497 e. The van der Waals surface area contributed by atoms with Crippen LogP contribution in [0.15, 0.2) is 47.4 Å². The summed E-state index contributed by atoms with van der Waals surface area (Å²) in [5, 5.41) is 11.1. The third-order valence-electron chi connectivity index (χ3n) is 3.74. The first-order chi connectivity index (χ1) is 11.2. The van der Waals surface area contributed by atoms with Gasteiger partial charge < -0.3 is 9.84 Å². The van der Waals surface area contributed by atoms with Crippen molar-refractivity contribution in [1.82, 2.24) is 4.72 Å². The van der Waals surface area contributed by atoms with E-state index >= 15 is 0 Å². The van der Waals surface area contributed by atoms with Crippen LogP contribution in [0.1, 0.15) is 18.1 Å². The zero-order valence-corrected chi connectivity index (χ0v) is 15.3. The summed E-state index contributed by atoms with van der Waals surface area (Å²) >= 11 is 5.83. The van der Waals surface area contributed by atoms with Crippen molar-refractivity contribution in [3.05, 3.63) is 58.6 Å². The number of halogens is 1. The number of sulfonamides is 1. The molecule has 5 nitrogen and oxygen atoms in total. The quantitative estimate of drug-likeness (QED) is 0.821. The summed E-state index contributed by atoms with van der Waals surface area (Å²) in [4.78, 5) is 0.148. The average Bonchev–Trinajstić information content (AvgIpc) is 2.53. The van der Waals surface area contributed by atoms with Gasteiger partial charge in [0, 0.05) is 11.6 Å².